The molecule has 112 valence electrons. The molecular weight excluding hydrogens is 345 g/mol. The predicted octanol–water partition coefficient (Wildman–Crippen LogP) is 2.58. The summed E-state index contributed by atoms with van der Waals surface area (Å²) in [6, 6.07) is 1.94. The number of carboxylic acids is 1. The maximum atomic E-state index is 12.6. The first-order chi connectivity index (χ1) is 9.18. The van der Waals surface area contributed by atoms with E-state index >= 15 is 0 Å². The van der Waals surface area contributed by atoms with E-state index in [1.807, 2.05) is 0 Å². The fourth-order valence-corrected chi connectivity index (χ4v) is 2.12. The van der Waals surface area contributed by atoms with Gasteiger partial charge in [-0.25, -0.2) is 4.79 Å². The van der Waals surface area contributed by atoms with Gasteiger partial charge in [0, 0.05) is 5.33 Å². The molecule has 4 nitrogen and oxygen atoms in total. The van der Waals surface area contributed by atoms with Crippen LogP contribution in [0.2, 0.25) is 0 Å². The number of aromatic carboxylic acids is 1. The minimum Gasteiger partial charge on any atom is -0.478 e. The van der Waals surface area contributed by atoms with Gasteiger partial charge in [-0.1, -0.05) is 15.9 Å². The van der Waals surface area contributed by atoms with Crippen molar-refractivity contribution < 1.29 is 33.3 Å². The van der Waals surface area contributed by atoms with Gasteiger partial charge in [-0.15, -0.1) is 0 Å². The molecule has 0 heterocycles. The van der Waals surface area contributed by atoms with Crippen molar-refractivity contribution in [2.24, 2.45) is 0 Å². The molecule has 3 N–H and O–H groups in total. The highest BCUT2D eigenvalue weighted by Crippen LogP contribution is 2.33. The van der Waals surface area contributed by atoms with E-state index in [9.17, 15) is 28.2 Å². The van der Waals surface area contributed by atoms with Crippen LogP contribution in [-0.4, -0.2) is 32.7 Å². The van der Waals surface area contributed by atoms with Crippen molar-refractivity contribution in [3.05, 3.63) is 34.9 Å². The number of rotatable bonds is 5. The molecule has 0 fully saturated rings. The van der Waals surface area contributed by atoms with Gasteiger partial charge in [0.25, 0.3) is 0 Å². The Morgan fingerprint density at radius 3 is 2.35 bits per heavy atom. The number of alkyl halides is 4. The number of aliphatic hydroxyl groups excluding tert-OH is 2. The van der Waals surface area contributed by atoms with Gasteiger partial charge < -0.3 is 15.3 Å². The highest BCUT2D eigenvalue weighted by molar-refractivity contribution is 9.09. The van der Waals surface area contributed by atoms with Crippen LogP contribution in [0, 0.1) is 0 Å². The minimum atomic E-state index is -4.66. The van der Waals surface area contributed by atoms with E-state index in [0.717, 1.165) is 6.07 Å². The third kappa shape index (κ3) is 3.94. The van der Waals surface area contributed by atoms with Crippen LogP contribution in [0.4, 0.5) is 13.2 Å². The summed E-state index contributed by atoms with van der Waals surface area (Å²) in [6.07, 6.45) is -7.67. The molecule has 0 saturated carbocycles. The Bertz CT molecular complexity index is 490. The second-order valence-electron chi connectivity index (χ2n) is 4.09. The van der Waals surface area contributed by atoms with Gasteiger partial charge in [-0.2, -0.15) is 13.2 Å². The largest absolute Gasteiger partial charge is 0.478 e. The lowest BCUT2D eigenvalue weighted by atomic mass is 9.95. The summed E-state index contributed by atoms with van der Waals surface area (Å²) in [4.78, 5) is 11.0. The van der Waals surface area contributed by atoms with Crippen molar-refractivity contribution in [1.82, 2.24) is 0 Å². The lowest BCUT2D eigenvalue weighted by Crippen LogP contribution is -2.22. The van der Waals surface area contributed by atoms with Crippen molar-refractivity contribution in [3.63, 3.8) is 0 Å². The first-order valence-corrected chi connectivity index (χ1v) is 6.67. The Balaban J connectivity index is 3.28. The average Bonchev–Trinajstić information content (AvgIpc) is 2.36. The maximum Gasteiger partial charge on any atom is 0.416 e. The van der Waals surface area contributed by atoms with Crippen LogP contribution in [0.1, 0.15) is 34.0 Å². The van der Waals surface area contributed by atoms with Gasteiger partial charge in [-0.05, 0) is 30.2 Å². The monoisotopic (exact) mass is 356 g/mol. The number of aliphatic hydroxyl groups is 2. The number of hydrogen-bond donors (Lipinski definition) is 3. The number of carboxylic acid groups (broad SMARTS) is 1. The van der Waals surface area contributed by atoms with Gasteiger partial charge in [0.1, 0.15) is 6.10 Å². The molecule has 1 aromatic rings. The Kier molecular flexibility index (Phi) is 5.55. The van der Waals surface area contributed by atoms with Gasteiger partial charge in [0.15, 0.2) is 0 Å². The Morgan fingerprint density at radius 2 is 1.90 bits per heavy atom. The van der Waals surface area contributed by atoms with Crippen molar-refractivity contribution in [1.29, 1.82) is 0 Å². The van der Waals surface area contributed by atoms with E-state index in [-0.39, 0.29) is 6.42 Å². The molecular formula is C12H12BrF3O4. The predicted molar refractivity (Wildman–Crippen MR) is 67.8 cm³/mol. The number of carbonyl (C=O) groups is 1. The molecule has 0 spiro atoms. The number of halogens is 4. The molecule has 2 unspecified atom stereocenters. The van der Waals surface area contributed by atoms with Gasteiger partial charge in [0.05, 0.1) is 17.2 Å². The molecule has 1 aromatic carbocycles. The smallest absolute Gasteiger partial charge is 0.416 e. The molecule has 0 aliphatic rings. The number of hydrogen-bond acceptors (Lipinski definition) is 3. The zero-order chi connectivity index (χ0) is 15.5. The second kappa shape index (κ2) is 6.55. The highest BCUT2D eigenvalue weighted by atomic mass is 79.9. The fraction of sp³-hybridized carbons (Fsp3) is 0.417. The van der Waals surface area contributed by atoms with Crippen LogP contribution in [0.25, 0.3) is 0 Å². The molecule has 0 aliphatic carbocycles. The zero-order valence-corrected chi connectivity index (χ0v) is 11.6. The molecule has 20 heavy (non-hydrogen) atoms. The summed E-state index contributed by atoms with van der Waals surface area (Å²) in [7, 11) is 0. The second-order valence-corrected chi connectivity index (χ2v) is 4.89. The van der Waals surface area contributed by atoms with E-state index in [2.05, 4.69) is 15.9 Å². The van der Waals surface area contributed by atoms with E-state index in [1.54, 1.807) is 0 Å². The highest BCUT2D eigenvalue weighted by Gasteiger charge is 2.33. The van der Waals surface area contributed by atoms with Crippen LogP contribution < -0.4 is 0 Å². The molecule has 8 heteroatoms. The summed E-state index contributed by atoms with van der Waals surface area (Å²) in [5, 5.41) is 28.7. The Hall–Kier alpha value is -1.12. The first-order valence-electron chi connectivity index (χ1n) is 5.55. The normalized spacial score (nSPS) is 14.9. The molecule has 0 amide bonds. The lowest BCUT2D eigenvalue weighted by Gasteiger charge is -2.20. The van der Waals surface area contributed by atoms with Gasteiger partial charge >= 0.3 is 12.1 Å². The van der Waals surface area contributed by atoms with Crippen molar-refractivity contribution in [2.75, 3.05) is 5.33 Å². The van der Waals surface area contributed by atoms with Crippen LogP contribution >= 0.6 is 15.9 Å². The van der Waals surface area contributed by atoms with E-state index in [0.29, 0.717) is 17.5 Å². The molecule has 0 aliphatic heterocycles. The molecule has 2 atom stereocenters. The lowest BCUT2D eigenvalue weighted by molar-refractivity contribution is -0.137. The van der Waals surface area contributed by atoms with E-state index in [4.69, 9.17) is 5.11 Å². The van der Waals surface area contributed by atoms with E-state index < -0.39 is 41.0 Å². The van der Waals surface area contributed by atoms with Gasteiger partial charge in [0.2, 0.25) is 0 Å². The molecule has 0 aromatic heterocycles. The van der Waals surface area contributed by atoms with Crippen molar-refractivity contribution >= 4 is 21.9 Å². The molecule has 0 bridgehead atoms. The molecule has 0 radical (unpaired) electrons. The van der Waals surface area contributed by atoms with Crippen LogP contribution in [0.3, 0.4) is 0 Å². The zero-order valence-electron chi connectivity index (χ0n) is 10.1. The van der Waals surface area contributed by atoms with Gasteiger partial charge in [-0.3, -0.25) is 0 Å². The third-order valence-electron chi connectivity index (χ3n) is 2.70. The summed E-state index contributed by atoms with van der Waals surface area (Å²) >= 11 is 3.02. The van der Waals surface area contributed by atoms with Crippen molar-refractivity contribution in [2.45, 2.75) is 24.8 Å². The first kappa shape index (κ1) is 16.9. The minimum absolute atomic E-state index is 0.0659. The summed E-state index contributed by atoms with van der Waals surface area (Å²) in [5.74, 6) is -1.47. The van der Waals surface area contributed by atoms with Crippen molar-refractivity contribution in [3.8, 4) is 0 Å². The third-order valence-corrected chi connectivity index (χ3v) is 3.16. The van der Waals surface area contributed by atoms with Crippen LogP contribution in [0.5, 0.6) is 0 Å². The standard InChI is InChI=1S/C12H12BrF3O4/c13-4-3-9(17)10(18)8-5-6(12(14,15)16)1-2-7(8)11(19)20/h1-2,5,9-10,17-18H,3-4H2,(H,19,20). The average molecular weight is 357 g/mol. The quantitative estimate of drug-likeness (QED) is 0.708. The molecule has 1 rings (SSSR count). The van der Waals surface area contributed by atoms with E-state index in [1.165, 1.54) is 0 Å². The Labute approximate surface area is 121 Å². The maximum absolute atomic E-state index is 12.6. The fourth-order valence-electron chi connectivity index (χ4n) is 1.66. The topological polar surface area (TPSA) is 77.8 Å². The summed E-state index contributed by atoms with van der Waals surface area (Å²) in [5.41, 5.74) is -2.01. The van der Waals surface area contributed by atoms with Crippen LogP contribution in [0.15, 0.2) is 18.2 Å². The SMILES string of the molecule is O=C(O)c1ccc(C(F)(F)F)cc1C(O)C(O)CCBr. The molecule has 0 saturated heterocycles. The summed E-state index contributed by atoms with van der Waals surface area (Å²) in [6.45, 7) is 0. The Morgan fingerprint density at radius 1 is 1.30 bits per heavy atom. The number of benzene rings is 1. The van der Waals surface area contributed by atoms with Crippen LogP contribution in [-0.2, 0) is 6.18 Å². The summed E-state index contributed by atoms with van der Waals surface area (Å²) < 4.78 is 37.8.